The lowest BCUT2D eigenvalue weighted by Gasteiger charge is -2.10. The molecule has 2 heterocycles. The molecule has 0 aliphatic rings. The maximum atomic E-state index is 12.1. The molecule has 2 aromatic rings. The summed E-state index contributed by atoms with van der Waals surface area (Å²) in [6.07, 6.45) is 2.82. The minimum atomic E-state index is -3.50. The fourth-order valence-corrected chi connectivity index (χ4v) is 2.51. The lowest BCUT2D eigenvalue weighted by atomic mass is 9.97. The second kappa shape index (κ2) is 4.73. The Hall–Kier alpha value is -1.76. The third kappa shape index (κ3) is 3.17. The van der Waals surface area contributed by atoms with Gasteiger partial charge in [-0.1, -0.05) is 20.8 Å². The Bertz CT molecular complexity index is 657. The monoisotopic (exact) mass is 281 g/mol. The summed E-state index contributed by atoms with van der Waals surface area (Å²) < 4.78 is 29.6. The van der Waals surface area contributed by atoms with Gasteiger partial charge in [0, 0.05) is 17.8 Å². The third-order valence-corrected chi connectivity index (χ3v) is 4.00. The Labute approximate surface area is 111 Å². The number of pyridine rings is 1. The van der Waals surface area contributed by atoms with Crippen molar-refractivity contribution in [3.8, 4) is 0 Å². The second-order valence-electron chi connectivity index (χ2n) is 5.20. The standard InChI is InChI=1S/C12H15N3O3S/c1-12(2,3)11-15-14-10(18-11)8-19(16,17)9-5-4-6-13-7-9/h4-7H,8H2,1-3H3. The summed E-state index contributed by atoms with van der Waals surface area (Å²) in [4.78, 5) is 3.94. The second-order valence-corrected chi connectivity index (χ2v) is 7.19. The smallest absolute Gasteiger partial charge is 0.231 e. The molecule has 0 fully saturated rings. The first-order valence-corrected chi connectivity index (χ1v) is 7.40. The van der Waals surface area contributed by atoms with Gasteiger partial charge in [-0.05, 0) is 12.1 Å². The van der Waals surface area contributed by atoms with Crippen molar-refractivity contribution >= 4 is 9.84 Å². The Morgan fingerprint density at radius 2 is 2.00 bits per heavy atom. The van der Waals surface area contributed by atoms with Crippen molar-refractivity contribution in [2.45, 2.75) is 36.8 Å². The van der Waals surface area contributed by atoms with Crippen LogP contribution in [0.5, 0.6) is 0 Å². The molecule has 2 aromatic heterocycles. The summed E-state index contributed by atoms with van der Waals surface area (Å²) in [5, 5.41) is 7.65. The zero-order chi connectivity index (χ0) is 14.1. The van der Waals surface area contributed by atoms with Crippen molar-refractivity contribution in [3.05, 3.63) is 36.3 Å². The Balaban J connectivity index is 2.25. The molecule has 102 valence electrons. The zero-order valence-electron chi connectivity index (χ0n) is 11.0. The van der Waals surface area contributed by atoms with Crippen molar-refractivity contribution in [2.24, 2.45) is 0 Å². The van der Waals surface area contributed by atoms with Crippen molar-refractivity contribution in [1.29, 1.82) is 0 Å². The molecule has 0 aromatic carbocycles. The first kappa shape index (κ1) is 13.7. The molecule has 7 heteroatoms. The van der Waals surface area contributed by atoms with Crippen molar-refractivity contribution < 1.29 is 12.8 Å². The normalized spacial score (nSPS) is 12.6. The number of rotatable bonds is 3. The van der Waals surface area contributed by atoms with E-state index in [2.05, 4.69) is 15.2 Å². The first-order chi connectivity index (χ1) is 8.79. The van der Waals surface area contributed by atoms with Gasteiger partial charge >= 0.3 is 0 Å². The van der Waals surface area contributed by atoms with E-state index in [4.69, 9.17) is 4.42 Å². The van der Waals surface area contributed by atoms with Crippen LogP contribution in [0, 0.1) is 0 Å². The van der Waals surface area contributed by atoms with Gasteiger partial charge in [0.15, 0.2) is 9.84 Å². The molecular weight excluding hydrogens is 266 g/mol. The van der Waals surface area contributed by atoms with Crippen molar-refractivity contribution in [1.82, 2.24) is 15.2 Å². The van der Waals surface area contributed by atoms with Crippen molar-refractivity contribution in [2.75, 3.05) is 0 Å². The molecule has 19 heavy (non-hydrogen) atoms. The van der Waals surface area contributed by atoms with Crippen LogP contribution in [0.15, 0.2) is 33.8 Å². The molecule has 0 unspecified atom stereocenters. The summed E-state index contributed by atoms with van der Waals surface area (Å²) in [5.74, 6) is 0.194. The van der Waals surface area contributed by atoms with Crippen LogP contribution in [-0.2, 0) is 21.0 Å². The highest BCUT2D eigenvalue weighted by Crippen LogP contribution is 2.22. The van der Waals surface area contributed by atoms with Gasteiger partial charge in [0.2, 0.25) is 11.8 Å². The van der Waals surface area contributed by atoms with Crippen LogP contribution in [0.2, 0.25) is 0 Å². The molecule has 0 spiro atoms. The number of sulfone groups is 1. The number of aromatic nitrogens is 3. The highest BCUT2D eigenvalue weighted by atomic mass is 32.2. The van der Waals surface area contributed by atoms with Crippen LogP contribution < -0.4 is 0 Å². The summed E-state index contributed by atoms with van der Waals surface area (Å²) in [5.41, 5.74) is -0.302. The topological polar surface area (TPSA) is 86.0 Å². The zero-order valence-corrected chi connectivity index (χ0v) is 11.8. The highest BCUT2D eigenvalue weighted by molar-refractivity contribution is 7.90. The van der Waals surface area contributed by atoms with Crippen LogP contribution in [-0.4, -0.2) is 23.6 Å². The lowest BCUT2D eigenvalue weighted by Crippen LogP contribution is -2.11. The largest absolute Gasteiger partial charge is 0.424 e. The molecule has 0 bridgehead atoms. The number of hydrogen-bond acceptors (Lipinski definition) is 6. The molecule has 0 N–H and O–H groups in total. The van der Waals surface area contributed by atoms with Gasteiger partial charge in [-0.25, -0.2) is 8.42 Å². The van der Waals surface area contributed by atoms with Gasteiger partial charge in [-0.2, -0.15) is 0 Å². The van der Waals surface area contributed by atoms with Gasteiger partial charge in [0.1, 0.15) is 5.75 Å². The summed E-state index contributed by atoms with van der Waals surface area (Å²) >= 11 is 0. The predicted octanol–water partition coefficient (Wildman–Crippen LogP) is 1.74. The molecule has 6 nitrogen and oxygen atoms in total. The van der Waals surface area contributed by atoms with E-state index in [1.54, 1.807) is 6.07 Å². The van der Waals surface area contributed by atoms with E-state index in [-0.39, 0.29) is 22.0 Å². The van der Waals surface area contributed by atoms with E-state index in [0.717, 1.165) is 0 Å². The van der Waals surface area contributed by atoms with Crippen LogP contribution >= 0.6 is 0 Å². The van der Waals surface area contributed by atoms with Gasteiger partial charge in [-0.3, -0.25) is 4.98 Å². The predicted molar refractivity (Wildman–Crippen MR) is 68.1 cm³/mol. The average molecular weight is 281 g/mol. The third-order valence-electron chi connectivity index (χ3n) is 2.42. The van der Waals surface area contributed by atoms with Crippen LogP contribution in [0.4, 0.5) is 0 Å². The van der Waals surface area contributed by atoms with Gasteiger partial charge < -0.3 is 4.42 Å². The minimum absolute atomic E-state index is 0.0915. The van der Waals surface area contributed by atoms with Gasteiger partial charge in [0.05, 0.1) is 4.90 Å². The summed E-state index contributed by atoms with van der Waals surface area (Å²) in [6, 6.07) is 3.06. The molecule has 0 saturated carbocycles. The molecule has 2 rings (SSSR count). The molecule has 0 aliphatic carbocycles. The highest BCUT2D eigenvalue weighted by Gasteiger charge is 2.24. The Kier molecular flexibility index (Phi) is 3.40. The quantitative estimate of drug-likeness (QED) is 0.851. The first-order valence-electron chi connectivity index (χ1n) is 5.75. The summed E-state index contributed by atoms with van der Waals surface area (Å²) in [7, 11) is -3.50. The molecule has 0 atom stereocenters. The van der Waals surface area contributed by atoms with E-state index in [9.17, 15) is 8.42 Å². The minimum Gasteiger partial charge on any atom is -0.424 e. The summed E-state index contributed by atoms with van der Waals surface area (Å²) in [6.45, 7) is 5.75. The van der Waals surface area contributed by atoms with Crippen LogP contribution in [0.3, 0.4) is 0 Å². The van der Waals surface area contributed by atoms with E-state index < -0.39 is 9.84 Å². The van der Waals surface area contributed by atoms with Crippen LogP contribution in [0.1, 0.15) is 32.6 Å². The number of hydrogen-bond donors (Lipinski definition) is 0. The van der Waals surface area contributed by atoms with E-state index in [1.165, 1.54) is 18.5 Å². The molecule has 0 radical (unpaired) electrons. The Morgan fingerprint density at radius 3 is 2.53 bits per heavy atom. The number of nitrogens with zero attached hydrogens (tertiary/aromatic N) is 3. The van der Waals surface area contributed by atoms with Crippen LogP contribution in [0.25, 0.3) is 0 Å². The van der Waals surface area contributed by atoms with Gasteiger partial charge in [0.25, 0.3) is 0 Å². The fourth-order valence-electron chi connectivity index (χ4n) is 1.39. The lowest BCUT2D eigenvalue weighted by molar-refractivity contribution is 0.377. The van der Waals surface area contributed by atoms with Gasteiger partial charge in [-0.15, -0.1) is 10.2 Å². The fraction of sp³-hybridized carbons (Fsp3) is 0.417. The van der Waals surface area contributed by atoms with E-state index in [1.807, 2.05) is 20.8 Å². The van der Waals surface area contributed by atoms with E-state index >= 15 is 0 Å². The maximum Gasteiger partial charge on any atom is 0.231 e. The Morgan fingerprint density at radius 1 is 1.26 bits per heavy atom. The average Bonchev–Trinajstić information content (AvgIpc) is 2.78. The molecular formula is C12H15N3O3S. The molecule has 0 amide bonds. The molecule has 0 saturated heterocycles. The molecule has 0 aliphatic heterocycles. The SMILES string of the molecule is CC(C)(C)c1nnc(CS(=O)(=O)c2cccnc2)o1. The maximum absolute atomic E-state index is 12.1. The van der Waals surface area contributed by atoms with E-state index in [0.29, 0.717) is 5.89 Å². The van der Waals surface area contributed by atoms with Crippen molar-refractivity contribution in [3.63, 3.8) is 0 Å².